The molecule has 2 aromatic rings. The highest BCUT2D eigenvalue weighted by atomic mass is 79.9. The normalized spacial score (nSPS) is 12.7. The van der Waals surface area contributed by atoms with Crippen LogP contribution in [0.4, 0.5) is 0 Å². The summed E-state index contributed by atoms with van der Waals surface area (Å²) < 4.78 is 2.20. The molecule has 0 aliphatic carbocycles. The van der Waals surface area contributed by atoms with Gasteiger partial charge in [0.25, 0.3) is 0 Å². The number of thiophene rings is 1. The molecular weight excluding hydrogens is 407 g/mol. The molecular formula is C15H15Br2ClS. The quantitative estimate of drug-likeness (QED) is 0.479. The summed E-state index contributed by atoms with van der Waals surface area (Å²) in [5.74, 6) is 0. The van der Waals surface area contributed by atoms with E-state index >= 15 is 0 Å². The molecule has 1 atom stereocenters. The molecule has 0 spiro atoms. The SMILES string of the molecule is CCc1ccc(CC)c(C(Cl)c2cc(Br)sc2Br)c1. The summed E-state index contributed by atoms with van der Waals surface area (Å²) in [6.45, 7) is 4.34. The lowest BCUT2D eigenvalue weighted by molar-refractivity contribution is 1.02. The molecule has 19 heavy (non-hydrogen) atoms. The number of hydrogen-bond donors (Lipinski definition) is 0. The number of rotatable bonds is 4. The predicted octanol–water partition coefficient (Wildman–Crippen LogP) is 6.73. The van der Waals surface area contributed by atoms with Gasteiger partial charge >= 0.3 is 0 Å². The van der Waals surface area contributed by atoms with Gasteiger partial charge in [-0.05, 0) is 67.5 Å². The van der Waals surface area contributed by atoms with E-state index < -0.39 is 0 Å². The third-order valence-corrected chi connectivity index (χ3v) is 6.08. The van der Waals surface area contributed by atoms with Gasteiger partial charge in [-0.3, -0.25) is 0 Å². The average Bonchev–Trinajstić information content (AvgIpc) is 2.76. The van der Waals surface area contributed by atoms with Gasteiger partial charge in [0.2, 0.25) is 0 Å². The fraction of sp³-hybridized carbons (Fsp3) is 0.333. The van der Waals surface area contributed by atoms with Crippen LogP contribution in [0, 0.1) is 0 Å². The number of halogens is 3. The number of alkyl halides is 1. The molecule has 1 aromatic heterocycles. The summed E-state index contributed by atoms with van der Waals surface area (Å²) >= 11 is 15.5. The molecule has 1 unspecified atom stereocenters. The first-order valence-corrected chi connectivity index (χ1v) is 9.11. The van der Waals surface area contributed by atoms with Crippen molar-refractivity contribution >= 4 is 54.8 Å². The Kier molecular flexibility index (Phi) is 5.53. The molecule has 2 rings (SSSR count). The zero-order valence-electron chi connectivity index (χ0n) is 10.8. The van der Waals surface area contributed by atoms with Crippen molar-refractivity contribution in [1.82, 2.24) is 0 Å². The molecule has 0 saturated carbocycles. The molecule has 0 aliphatic rings. The Morgan fingerprint density at radius 3 is 2.37 bits per heavy atom. The number of hydrogen-bond acceptors (Lipinski definition) is 1. The van der Waals surface area contributed by atoms with Crippen molar-refractivity contribution in [2.24, 2.45) is 0 Å². The summed E-state index contributed by atoms with van der Waals surface area (Å²) in [6, 6.07) is 8.75. The second kappa shape index (κ2) is 6.75. The van der Waals surface area contributed by atoms with E-state index in [0.29, 0.717) is 0 Å². The fourth-order valence-electron chi connectivity index (χ4n) is 2.12. The van der Waals surface area contributed by atoms with Crippen molar-refractivity contribution < 1.29 is 0 Å². The van der Waals surface area contributed by atoms with Crippen molar-refractivity contribution in [2.45, 2.75) is 32.1 Å². The van der Waals surface area contributed by atoms with Gasteiger partial charge in [0.1, 0.15) is 0 Å². The van der Waals surface area contributed by atoms with Gasteiger partial charge < -0.3 is 0 Å². The van der Waals surface area contributed by atoms with Crippen LogP contribution in [0.25, 0.3) is 0 Å². The first-order chi connectivity index (χ1) is 9.06. The van der Waals surface area contributed by atoms with Crippen molar-refractivity contribution in [2.75, 3.05) is 0 Å². The molecule has 102 valence electrons. The molecule has 0 nitrogen and oxygen atoms in total. The molecule has 1 heterocycles. The Balaban J connectivity index is 2.47. The molecule has 1 aromatic carbocycles. The van der Waals surface area contributed by atoms with E-state index in [0.717, 1.165) is 26.0 Å². The monoisotopic (exact) mass is 420 g/mol. The molecule has 4 heteroatoms. The van der Waals surface area contributed by atoms with Gasteiger partial charge in [0.15, 0.2) is 0 Å². The van der Waals surface area contributed by atoms with Crippen LogP contribution in [0.2, 0.25) is 0 Å². The molecule has 0 N–H and O–H groups in total. The highest BCUT2D eigenvalue weighted by Gasteiger charge is 2.19. The summed E-state index contributed by atoms with van der Waals surface area (Å²) in [4.78, 5) is 0. The van der Waals surface area contributed by atoms with E-state index in [-0.39, 0.29) is 5.38 Å². The van der Waals surface area contributed by atoms with Crippen molar-refractivity contribution in [3.05, 3.63) is 54.1 Å². The van der Waals surface area contributed by atoms with Gasteiger partial charge in [0.05, 0.1) is 12.9 Å². The van der Waals surface area contributed by atoms with Crippen molar-refractivity contribution in [3.8, 4) is 0 Å². The molecule has 0 radical (unpaired) electrons. The molecule has 0 bridgehead atoms. The number of aryl methyl sites for hydroxylation is 2. The third-order valence-electron chi connectivity index (χ3n) is 3.23. The lowest BCUT2D eigenvalue weighted by atomic mass is 9.96. The van der Waals surface area contributed by atoms with Crippen LogP contribution in [0.5, 0.6) is 0 Å². The fourth-order valence-corrected chi connectivity index (χ4v) is 5.59. The summed E-state index contributed by atoms with van der Waals surface area (Å²) in [5, 5.41) is -0.0987. The lowest BCUT2D eigenvalue weighted by Crippen LogP contribution is -1.99. The smallest absolute Gasteiger partial charge is 0.0857 e. The van der Waals surface area contributed by atoms with Gasteiger partial charge in [0, 0.05) is 5.56 Å². The highest BCUT2D eigenvalue weighted by Crippen LogP contribution is 2.42. The summed E-state index contributed by atoms with van der Waals surface area (Å²) in [6.07, 6.45) is 2.04. The van der Waals surface area contributed by atoms with Crippen LogP contribution >= 0.6 is 54.8 Å². The second-order valence-corrected chi connectivity index (χ2v) is 8.57. The van der Waals surface area contributed by atoms with Crippen molar-refractivity contribution in [1.29, 1.82) is 0 Å². The van der Waals surface area contributed by atoms with Crippen LogP contribution in [0.3, 0.4) is 0 Å². The Morgan fingerprint density at radius 2 is 1.84 bits per heavy atom. The van der Waals surface area contributed by atoms with Crippen LogP contribution in [0.1, 0.15) is 41.5 Å². The minimum Gasteiger partial charge on any atom is -0.121 e. The zero-order chi connectivity index (χ0) is 14.0. The average molecular weight is 423 g/mol. The van der Waals surface area contributed by atoms with E-state index in [2.05, 4.69) is 70.0 Å². The van der Waals surface area contributed by atoms with Crippen LogP contribution in [0.15, 0.2) is 31.8 Å². The highest BCUT2D eigenvalue weighted by molar-refractivity contribution is 9.12. The van der Waals surface area contributed by atoms with E-state index in [9.17, 15) is 0 Å². The Bertz CT molecular complexity index is 578. The standard InChI is InChI=1S/C15H15Br2ClS/c1-3-9-5-6-10(4-2)11(7-9)14(18)12-8-13(16)19-15(12)17/h5-8,14H,3-4H2,1-2H3. The van der Waals surface area contributed by atoms with E-state index in [4.69, 9.17) is 11.6 Å². The second-order valence-electron chi connectivity index (χ2n) is 4.38. The molecule has 0 aliphatic heterocycles. The topological polar surface area (TPSA) is 0 Å². The Morgan fingerprint density at radius 1 is 1.11 bits per heavy atom. The van der Waals surface area contributed by atoms with E-state index in [1.165, 1.54) is 16.7 Å². The third kappa shape index (κ3) is 3.44. The van der Waals surface area contributed by atoms with Crippen LogP contribution < -0.4 is 0 Å². The van der Waals surface area contributed by atoms with Gasteiger partial charge in [-0.2, -0.15) is 0 Å². The minimum absolute atomic E-state index is 0.0987. The molecule has 0 saturated heterocycles. The maximum Gasteiger partial charge on any atom is 0.0857 e. The predicted molar refractivity (Wildman–Crippen MR) is 92.6 cm³/mol. The summed E-state index contributed by atoms with van der Waals surface area (Å²) in [5.41, 5.74) is 5.03. The van der Waals surface area contributed by atoms with Crippen LogP contribution in [-0.2, 0) is 12.8 Å². The van der Waals surface area contributed by atoms with Gasteiger partial charge in [-0.15, -0.1) is 22.9 Å². The maximum absolute atomic E-state index is 6.72. The minimum atomic E-state index is -0.0987. The Hall–Kier alpha value is 0.170. The first-order valence-electron chi connectivity index (χ1n) is 6.27. The molecule has 0 amide bonds. The largest absolute Gasteiger partial charge is 0.121 e. The molecule has 0 fully saturated rings. The lowest BCUT2D eigenvalue weighted by Gasteiger charge is -2.15. The zero-order valence-corrected chi connectivity index (χ0v) is 15.6. The maximum atomic E-state index is 6.72. The van der Waals surface area contributed by atoms with Gasteiger partial charge in [-0.25, -0.2) is 0 Å². The number of benzene rings is 1. The van der Waals surface area contributed by atoms with E-state index in [1.54, 1.807) is 11.3 Å². The summed E-state index contributed by atoms with van der Waals surface area (Å²) in [7, 11) is 0. The first kappa shape index (κ1) is 15.6. The van der Waals surface area contributed by atoms with Gasteiger partial charge in [-0.1, -0.05) is 32.0 Å². The van der Waals surface area contributed by atoms with Crippen LogP contribution in [-0.4, -0.2) is 0 Å². The van der Waals surface area contributed by atoms with E-state index in [1.807, 2.05) is 0 Å². The Labute approximate surface area is 140 Å². The van der Waals surface area contributed by atoms with Crippen molar-refractivity contribution in [3.63, 3.8) is 0 Å².